The molecule has 0 radical (unpaired) electrons. The van der Waals surface area contributed by atoms with Gasteiger partial charge in [-0.05, 0) is 51.1 Å². The van der Waals surface area contributed by atoms with Crippen LogP contribution in [0.3, 0.4) is 0 Å². The Kier molecular flexibility index (Phi) is 8.76. The molecule has 0 saturated heterocycles. The van der Waals surface area contributed by atoms with Crippen LogP contribution in [0, 0.1) is 0 Å². The highest BCUT2D eigenvalue weighted by Crippen LogP contribution is 2.41. The molecule has 0 atom stereocenters. The van der Waals surface area contributed by atoms with E-state index in [1.54, 1.807) is 0 Å². The normalized spacial score (nSPS) is 11.8. The topological polar surface area (TPSA) is 48.5 Å². The Morgan fingerprint density at radius 2 is 0.746 bits per heavy atom. The molecule has 6 heteroatoms. The minimum atomic E-state index is -2.73. The van der Waals surface area contributed by atoms with Crippen molar-refractivity contribution in [1.29, 1.82) is 0 Å². The van der Waals surface area contributed by atoms with Crippen molar-refractivity contribution in [3.8, 4) is 34.4 Å². The van der Waals surface area contributed by atoms with Crippen molar-refractivity contribution in [2.45, 2.75) is 0 Å². The molecule has 5 nitrogen and oxygen atoms in total. The Morgan fingerprint density at radius 1 is 0.302 bits per heavy atom. The Bertz CT molecular complexity index is 3490. The fourth-order valence-electron chi connectivity index (χ4n) is 9.82. The molecule has 9 aromatic carbocycles. The summed E-state index contributed by atoms with van der Waals surface area (Å²) in [7, 11) is -2.73. The Labute approximate surface area is 365 Å². The van der Waals surface area contributed by atoms with Crippen LogP contribution in [0.15, 0.2) is 237 Å². The van der Waals surface area contributed by atoms with Gasteiger partial charge in [-0.1, -0.05) is 206 Å². The highest BCUT2D eigenvalue weighted by atomic mass is 28.3. The second-order valence-corrected chi connectivity index (χ2v) is 19.8. The minimum absolute atomic E-state index is 0.569. The Balaban J connectivity index is 1.12. The van der Waals surface area contributed by atoms with Crippen molar-refractivity contribution in [3.05, 3.63) is 237 Å². The molecule has 3 aromatic heterocycles. The first-order valence-corrected chi connectivity index (χ1v) is 23.4. The van der Waals surface area contributed by atoms with E-state index in [1.165, 1.54) is 26.1 Å². The summed E-state index contributed by atoms with van der Waals surface area (Å²) in [6, 6.07) is 84.8. The maximum absolute atomic E-state index is 5.44. The number of benzene rings is 9. The van der Waals surface area contributed by atoms with Crippen LogP contribution in [0.2, 0.25) is 0 Å². The number of fused-ring (bicyclic) bond motifs is 7. The van der Waals surface area contributed by atoms with E-state index >= 15 is 0 Å². The molecule has 12 rings (SSSR count). The number of rotatable bonds is 8. The summed E-state index contributed by atoms with van der Waals surface area (Å²) >= 11 is 0. The molecule has 296 valence electrons. The van der Waals surface area contributed by atoms with Gasteiger partial charge in [-0.15, -0.1) is 0 Å². The van der Waals surface area contributed by atoms with Gasteiger partial charge in [0.15, 0.2) is 19.7 Å². The second kappa shape index (κ2) is 15.1. The highest BCUT2D eigenvalue weighted by Gasteiger charge is 2.41. The van der Waals surface area contributed by atoms with E-state index in [0.717, 1.165) is 55.0 Å². The zero-order valence-electron chi connectivity index (χ0n) is 34.3. The van der Waals surface area contributed by atoms with E-state index in [4.69, 9.17) is 15.0 Å². The van der Waals surface area contributed by atoms with Gasteiger partial charge in [0, 0.05) is 38.4 Å². The average molecular weight is 822 g/mol. The van der Waals surface area contributed by atoms with Gasteiger partial charge in [-0.3, -0.25) is 4.57 Å². The Morgan fingerprint density at radius 3 is 1.32 bits per heavy atom. The molecule has 0 aliphatic rings. The van der Waals surface area contributed by atoms with Crippen LogP contribution >= 0.6 is 0 Å². The molecule has 0 aliphatic heterocycles. The smallest absolute Gasteiger partial charge is 0.238 e. The molecule has 63 heavy (non-hydrogen) atoms. The van der Waals surface area contributed by atoms with Crippen molar-refractivity contribution < 1.29 is 0 Å². The molecule has 0 bridgehead atoms. The van der Waals surface area contributed by atoms with E-state index in [2.05, 4.69) is 228 Å². The third kappa shape index (κ3) is 5.87. The number of hydrogen-bond donors (Lipinski definition) is 0. The van der Waals surface area contributed by atoms with Crippen molar-refractivity contribution in [1.82, 2.24) is 24.1 Å². The van der Waals surface area contributed by atoms with E-state index in [1.807, 2.05) is 18.2 Å². The van der Waals surface area contributed by atoms with Gasteiger partial charge < -0.3 is 4.57 Å². The van der Waals surface area contributed by atoms with Crippen molar-refractivity contribution in [2.75, 3.05) is 0 Å². The molecular weight excluding hydrogens is 783 g/mol. The van der Waals surface area contributed by atoms with E-state index in [0.29, 0.717) is 17.6 Å². The molecule has 0 N–H and O–H groups in total. The van der Waals surface area contributed by atoms with Crippen molar-refractivity contribution in [2.24, 2.45) is 0 Å². The quantitative estimate of drug-likeness (QED) is 0.113. The highest BCUT2D eigenvalue weighted by molar-refractivity contribution is 7.19. The lowest BCUT2D eigenvalue weighted by Crippen LogP contribution is -2.74. The predicted octanol–water partition coefficient (Wildman–Crippen LogP) is 10.8. The van der Waals surface area contributed by atoms with Crippen LogP contribution in [-0.4, -0.2) is 32.2 Å². The molecule has 0 aliphatic carbocycles. The van der Waals surface area contributed by atoms with E-state index < -0.39 is 8.07 Å². The van der Waals surface area contributed by atoms with E-state index in [-0.39, 0.29) is 0 Å². The van der Waals surface area contributed by atoms with Gasteiger partial charge in [-0.25, -0.2) is 4.98 Å². The average Bonchev–Trinajstić information content (AvgIpc) is 3.89. The first-order valence-electron chi connectivity index (χ1n) is 21.4. The summed E-state index contributed by atoms with van der Waals surface area (Å²) in [5.74, 6) is 1.80. The lowest BCUT2D eigenvalue weighted by molar-refractivity contribution is 0.955. The molecular formula is C57H39N5Si. The number of hydrogen-bond acceptors (Lipinski definition) is 3. The predicted molar refractivity (Wildman–Crippen MR) is 263 cm³/mol. The number of nitrogens with zero attached hydrogens (tertiary/aromatic N) is 5. The van der Waals surface area contributed by atoms with Gasteiger partial charge >= 0.3 is 0 Å². The maximum Gasteiger partial charge on any atom is 0.238 e. The van der Waals surface area contributed by atoms with Gasteiger partial charge in [0.2, 0.25) is 5.95 Å². The molecule has 12 aromatic rings. The Hall–Kier alpha value is -8.19. The third-order valence-electron chi connectivity index (χ3n) is 12.5. The van der Waals surface area contributed by atoms with Gasteiger partial charge in [0.05, 0.1) is 22.1 Å². The molecule has 0 spiro atoms. The SMILES string of the molecule is c1ccc(-c2nc(-c3ccc([Si](c4ccccc4)(c4ccccc4)c4ccccc4)cc3)nc(-n3c4ccccc4c4ccc5c(c6ccccc6n5-c5ccccc5)c43)n2)cc1. The van der Waals surface area contributed by atoms with Crippen molar-refractivity contribution >= 4 is 72.4 Å². The summed E-state index contributed by atoms with van der Waals surface area (Å²) in [6.45, 7) is 0. The fraction of sp³-hybridized carbons (Fsp3) is 0. The zero-order chi connectivity index (χ0) is 41.7. The van der Waals surface area contributed by atoms with Gasteiger partial charge in [0.1, 0.15) is 0 Å². The lowest BCUT2D eigenvalue weighted by atomic mass is 10.1. The molecule has 3 heterocycles. The molecule has 0 saturated carbocycles. The minimum Gasteiger partial charge on any atom is -0.309 e. The van der Waals surface area contributed by atoms with Crippen LogP contribution in [-0.2, 0) is 0 Å². The molecule has 0 amide bonds. The number of aromatic nitrogens is 5. The lowest BCUT2D eigenvalue weighted by Gasteiger charge is -2.34. The largest absolute Gasteiger partial charge is 0.309 e. The van der Waals surface area contributed by atoms with Crippen LogP contribution in [0.5, 0.6) is 0 Å². The first-order chi connectivity index (χ1) is 31.3. The third-order valence-corrected chi connectivity index (χ3v) is 17.3. The van der Waals surface area contributed by atoms with Crippen LogP contribution in [0.1, 0.15) is 0 Å². The monoisotopic (exact) mass is 821 g/mol. The fourth-order valence-corrected chi connectivity index (χ4v) is 14.6. The summed E-state index contributed by atoms with van der Waals surface area (Å²) in [6.07, 6.45) is 0. The number of para-hydroxylation sites is 3. The second-order valence-electron chi connectivity index (χ2n) is 16.0. The summed E-state index contributed by atoms with van der Waals surface area (Å²) in [5, 5.41) is 9.88. The van der Waals surface area contributed by atoms with Crippen LogP contribution in [0.4, 0.5) is 0 Å². The van der Waals surface area contributed by atoms with E-state index in [9.17, 15) is 0 Å². The summed E-state index contributed by atoms with van der Waals surface area (Å²) in [4.78, 5) is 16.0. The van der Waals surface area contributed by atoms with Crippen molar-refractivity contribution in [3.63, 3.8) is 0 Å². The van der Waals surface area contributed by atoms with Gasteiger partial charge in [-0.2, -0.15) is 9.97 Å². The zero-order valence-corrected chi connectivity index (χ0v) is 35.3. The maximum atomic E-state index is 5.44. The summed E-state index contributed by atoms with van der Waals surface area (Å²) in [5.41, 5.74) is 7.32. The molecule has 0 unspecified atom stereocenters. The first kappa shape index (κ1) is 36.6. The van der Waals surface area contributed by atoms with Crippen LogP contribution in [0.25, 0.3) is 78.0 Å². The summed E-state index contributed by atoms with van der Waals surface area (Å²) < 4.78 is 4.63. The van der Waals surface area contributed by atoms with Gasteiger partial charge in [0.25, 0.3) is 0 Å². The standard InChI is InChI=1S/C57H39N5Si/c1-6-20-40(21-7-1)55-58-56(41-34-36-46(37-35-41)63(43-24-10-3-11-25-43,44-26-12-4-13-27-44)45-28-14-5-15-29-45)60-57(59-55)62-50-32-18-16-30-47(50)48-38-39-52-53(54(48)62)49-31-17-19-33-51(49)61(52)42-22-8-2-9-23-42/h1-39H. The molecule has 0 fully saturated rings. The van der Waals surface area contributed by atoms with Crippen LogP contribution < -0.4 is 20.7 Å².